The van der Waals surface area contributed by atoms with Gasteiger partial charge in [-0.3, -0.25) is 9.55 Å². The number of para-hydroxylation sites is 4. The third-order valence-electron chi connectivity index (χ3n) is 11.3. The summed E-state index contributed by atoms with van der Waals surface area (Å²) in [4.78, 5) is 15.7. The molecule has 61 heavy (non-hydrogen) atoms. The van der Waals surface area contributed by atoms with Crippen molar-refractivity contribution in [1.29, 1.82) is 5.26 Å². The van der Waals surface area contributed by atoms with E-state index in [-0.39, 0.29) is 21.1 Å². The maximum Gasteiger partial charge on any atom is 2.00 e. The summed E-state index contributed by atoms with van der Waals surface area (Å²) in [6, 6.07) is 73.0. The fourth-order valence-corrected chi connectivity index (χ4v) is 8.45. The molecule has 0 fully saturated rings. The fourth-order valence-electron chi connectivity index (χ4n) is 8.45. The molecule has 11 rings (SSSR count). The third-order valence-corrected chi connectivity index (χ3v) is 11.3. The number of hydrogen-bond donors (Lipinski definition) is 0. The summed E-state index contributed by atoms with van der Waals surface area (Å²) >= 11 is 0. The summed E-state index contributed by atoms with van der Waals surface area (Å²) in [5.74, 6) is 0.801. The second-order valence-corrected chi connectivity index (χ2v) is 14.8. The van der Waals surface area contributed by atoms with Crippen molar-refractivity contribution in [2.45, 2.75) is 0 Å². The van der Waals surface area contributed by atoms with E-state index >= 15 is 0 Å². The van der Waals surface area contributed by atoms with Crippen molar-refractivity contribution in [2.24, 2.45) is 0 Å². The Bertz CT molecular complexity index is 3440. The molecule has 5 nitrogen and oxygen atoms in total. The zero-order valence-electron chi connectivity index (χ0n) is 32.6. The van der Waals surface area contributed by atoms with E-state index in [1.165, 1.54) is 0 Å². The molecule has 0 aliphatic heterocycles. The van der Waals surface area contributed by atoms with E-state index in [9.17, 15) is 5.26 Å². The number of imidazole rings is 1. The second-order valence-electron chi connectivity index (χ2n) is 14.8. The largest absolute Gasteiger partial charge is 2.00 e. The number of aromatic nitrogens is 4. The number of benzene rings is 8. The van der Waals surface area contributed by atoms with Gasteiger partial charge in [0.25, 0.3) is 0 Å². The van der Waals surface area contributed by atoms with Crippen molar-refractivity contribution in [3.8, 4) is 78.9 Å². The molecular weight excluding hydrogens is 926 g/mol. The summed E-state index contributed by atoms with van der Waals surface area (Å²) in [5.41, 5.74) is 15.6. The average molecular weight is 959 g/mol. The van der Waals surface area contributed by atoms with Crippen molar-refractivity contribution in [1.82, 2.24) is 19.5 Å². The van der Waals surface area contributed by atoms with Crippen LogP contribution in [0.5, 0.6) is 0 Å². The quantitative estimate of drug-likeness (QED) is 0.149. The van der Waals surface area contributed by atoms with Gasteiger partial charge in [-0.25, -0.2) is 4.98 Å². The van der Waals surface area contributed by atoms with Gasteiger partial charge in [-0.15, -0.1) is 34.8 Å². The van der Waals surface area contributed by atoms with Gasteiger partial charge in [-0.05, 0) is 45.2 Å². The van der Waals surface area contributed by atoms with Crippen molar-refractivity contribution >= 4 is 32.8 Å². The Morgan fingerprint density at radius 3 is 1.90 bits per heavy atom. The Morgan fingerprint density at radius 1 is 0.525 bits per heavy atom. The summed E-state index contributed by atoms with van der Waals surface area (Å²) in [6.45, 7) is 0. The molecule has 0 amide bonds. The van der Waals surface area contributed by atoms with Crippen molar-refractivity contribution in [3.05, 3.63) is 212 Å². The van der Waals surface area contributed by atoms with Crippen LogP contribution in [0.25, 0.3) is 106 Å². The fraction of sp³-hybridized carbons (Fsp3) is 0. The van der Waals surface area contributed by atoms with Crippen LogP contribution in [0.15, 0.2) is 200 Å². The molecule has 0 aliphatic carbocycles. The summed E-state index contributed by atoms with van der Waals surface area (Å²) < 4.78 is 2.30. The normalized spacial score (nSPS) is 11.1. The molecule has 0 unspecified atom stereocenters. The molecule has 0 radical (unpaired) electrons. The van der Waals surface area contributed by atoms with Gasteiger partial charge in [-0.1, -0.05) is 187 Å². The predicted octanol–water partition coefficient (Wildman–Crippen LogP) is 13.4. The summed E-state index contributed by atoms with van der Waals surface area (Å²) in [6.07, 6.45) is 1.67. The Hall–Kier alpha value is -7.64. The van der Waals surface area contributed by atoms with Crippen molar-refractivity contribution < 1.29 is 21.1 Å². The minimum absolute atomic E-state index is 0. The molecule has 3 aromatic heterocycles. The molecule has 0 spiro atoms. The molecule has 0 bridgehead atoms. The molecular formula is C55H33N5Pt. The second kappa shape index (κ2) is 15.8. The van der Waals surface area contributed by atoms with Crippen LogP contribution < -0.4 is 4.98 Å². The number of fused-ring (bicyclic) bond motifs is 4. The van der Waals surface area contributed by atoms with Gasteiger partial charge in [0.15, 0.2) is 0 Å². The first kappa shape index (κ1) is 37.6. The van der Waals surface area contributed by atoms with Crippen molar-refractivity contribution in [3.63, 3.8) is 0 Å². The molecule has 288 valence electrons. The van der Waals surface area contributed by atoms with E-state index in [0.29, 0.717) is 5.56 Å². The molecule has 11 aromatic rings. The molecule has 3 heterocycles. The topological polar surface area (TPSA) is 68.6 Å². The number of nitrogens with zero attached hydrogens (tertiary/aromatic N) is 5. The first-order chi connectivity index (χ1) is 29.7. The Morgan fingerprint density at radius 2 is 1.13 bits per heavy atom. The van der Waals surface area contributed by atoms with E-state index in [1.807, 2.05) is 54.6 Å². The van der Waals surface area contributed by atoms with Gasteiger partial charge in [-0.2, -0.15) is 5.26 Å². The summed E-state index contributed by atoms with van der Waals surface area (Å²) in [7, 11) is 0. The average Bonchev–Trinajstić information content (AvgIpc) is 3.91. The maximum atomic E-state index is 10.1. The number of rotatable bonds is 7. The van der Waals surface area contributed by atoms with Crippen LogP contribution >= 0.6 is 0 Å². The van der Waals surface area contributed by atoms with Gasteiger partial charge in [0.1, 0.15) is 11.9 Å². The molecule has 0 atom stereocenters. The van der Waals surface area contributed by atoms with Gasteiger partial charge in [0.2, 0.25) is 0 Å². The van der Waals surface area contributed by atoms with E-state index in [4.69, 9.17) is 15.0 Å². The molecule has 0 saturated carbocycles. The Balaban J connectivity index is 0.00000445. The Labute approximate surface area is 367 Å². The maximum absolute atomic E-state index is 10.1. The van der Waals surface area contributed by atoms with Gasteiger partial charge in [0.05, 0.1) is 22.3 Å². The SMILES string of the molecule is N#Cc1cnc(-c2[c-]c(-c3cccc4c3nc(-c3cccc5c3[n-]c3ccccc35)n4-c3ccccc3-c3ccccc3)cc(-c3ccccc3)c2)cc1-c1ccccc1.[Pt+2]. The summed E-state index contributed by atoms with van der Waals surface area (Å²) in [5, 5.41) is 12.3. The van der Waals surface area contributed by atoms with Crippen LogP contribution in [0.1, 0.15) is 5.56 Å². The van der Waals surface area contributed by atoms with Crippen LogP contribution in [0, 0.1) is 17.4 Å². The zero-order valence-corrected chi connectivity index (χ0v) is 34.9. The number of pyridine rings is 1. The van der Waals surface area contributed by atoms with Gasteiger partial charge < -0.3 is 4.98 Å². The van der Waals surface area contributed by atoms with E-state index in [1.54, 1.807) is 6.20 Å². The van der Waals surface area contributed by atoms with Crippen molar-refractivity contribution in [2.75, 3.05) is 0 Å². The smallest absolute Gasteiger partial charge is 0.656 e. The van der Waals surface area contributed by atoms with E-state index in [0.717, 1.165) is 106 Å². The monoisotopic (exact) mass is 958 g/mol. The van der Waals surface area contributed by atoms with Crippen LogP contribution in [0.4, 0.5) is 0 Å². The van der Waals surface area contributed by atoms with Crippen LogP contribution in [0.2, 0.25) is 0 Å². The molecule has 8 aromatic carbocycles. The standard InChI is InChI=1S/C55H33N5.Pt/c56-34-42-35-57-50(33-48(42)38-20-8-3-9-21-38)41-31-39(36-16-4-1-5-17-36)30-40(32-41)44-24-15-29-52-54(44)59-55(47-26-14-25-46-45-23-10-12-27-49(45)58-53(46)47)60(52)51-28-13-11-22-43(51)37-18-6-2-7-19-37;/h1-31,33,35H;/q-2;+2. The van der Waals surface area contributed by atoms with Crippen LogP contribution in [-0.4, -0.2) is 14.5 Å². The first-order valence-corrected chi connectivity index (χ1v) is 19.9. The van der Waals surface area contributed by atoms with Gasteiger partial charge in [0, 0.05) is 23.0 Å². The Kier molecular flexibility index (Phi) is 9.77. The first-order valence-electron chi connectivity index (χ1n) is 19.9. The predicted molar refractivity (Wildman–Crippen MR) is 243 cm³/mol. The zero-order chi connectivity index (χ0) is 40.0. The van der Waals surface area contributed by atoms with Gasteiger partial charge >= 0.3 is 21.1 Å². The third kappa shape index (κ3) is 6.64. The molecule has 0 aliphatic rings. The molecule has 0 N–H and O–H groups in total. The minimum atomic E-state index is 0. The van der Waals surface area contributed by atoms with E-state index in [2.05, 4.69) is 156 Å². The minimum Gasteiger partial charge on any atom is -0.656 e. The van der Waals surface area contributed by atoms with Crippen LogP contribution in [0.3, 0.4) is 0 Å². The molecule has 6 heteroatoms. The molecule has 0 saturated heterocycles. The number of nitriles is 1. The number of hydrogen-bond acceptors (Lipinski definition) is 3. The van der Waals surface area contributed by atoms with E-state index < -0.39 is 0 Å². The van der Waals surface area contributed by atoms with Crippen LogP contribution in [-0.2, 0) is 21.1 Å².